The Kier molecular flexibility index (Phi) is 5.06. The fourth-order valence-electron chi connectivity index (χ4n) is 4.49. The molecule has 0 radical (unpaired) electrons. The Hall–Kier alpha value is -4.87. The number of H-pyrrole nitrogens is 1. The van der Waals surface area contributed by atoms with Gasteiger partial charge < -0.3 is 14.6 Å². The molecular formula is C24H21N9O3. The standard InChI is InChI=1S/C24H21N9O3/c1-14-28-13-33(30-14)23-21-20(18(36-2)10-27-23)15(9-26-21)22(34)24(35)31-8-6-17-16(11-31)29-12-32(17)19-5-3-4-7-25-19/h3-5,7,9-10,12-13,26H,6,8,11H2,1-2H3. The van der Waals surface area contributed by atoms with Gasteiger partial charge in [-0.2, -0.15) is 5.10 Å². The molecule has 0 bridgehead atoms. The second-order valence-electron chi connectivity index (χ2n) is 8.34. The van der Waals surface area contributed by atoms with Crippen LogP contribution in [0.4, 0.5) is 0 Å². The maximum atomic E-state index is 13.4. The molecule has 0 aliphatic carbocycles. The van der Waals surface area contributed by atoms with Gasteiger partial charge in [0.15, 0.2) is 5.82 Å². The average Bonchev–Trinajstić information content (AvgIpc) is 3.65. The highest BCUT2D eigenvalue weighted by molar-refractivity contribution is 6.45. The molecule has 6 rings (SSSR count). The van der Waals surface area contributed by atoms with Gasteiger partial charge in [-0.1, -0.05) is 6.07 Å². The molecule has 0 fully saturated rings. The predicted molar refractivity (Wildman–Crippen MR) is 127 cm³/mol. The molecule has 0 saturated heterocycles. The first-order valence-electron chi connectivity index (χ1n) is 11.3. The number of amides is 1. The van der Waals surface area contributed by atoms with Gasteiger partial charge in [0.1, 0.15) is 30.0 Å². The molecule has 36 heavy (non-hydrogen) atoms. The van der Waals surface area contributed by atoms with Crippen molar-refractivity contribution in [3.63, 3.8) is 0 Å². The maximum Gasteiger partial charge on any atom is 0.295 e. The zero-order chi connectivity index (χ0) is 24.8. The maximum absolute atomic E-state index is 13.4. The highest BCUT2D eigenvalue weighted by Crippen LogP contribution is 2.32. The molecule has 0 atom stereocenters. The number of carbonyl (C=O) groups excluding carboxylic acids is 2. The minimum absolute atomic E-state index is 0.206. The van der Waals surface area contributed by atoms with E-state index in [4.69, 9.17) is 4.74 Å². The van der Waals surface area contributed by atoms with E-state index < -0.39 is 11.7 Å². The summed E-state index contributed by atoms with van der Waals surface area (Å²) >= 11 is 0. The molecule has 1 aliphatic rings. The monoisotopic (exact) mass is 483 g/mol. The number of rotatable bonds is 5. The number of aromatic amines is 1. The van der Waals surface area contributed by atoms with Gasteiger partial charge in [-0.25, -0.2) is 24.6 Å². The van der Waals surface area contributed by atoms with Crippen LogP contribution in [0.3, 0.4) is 0 Å². The quantitative estimate of drug-likeness (QED) is 0.295. The summed E-state index contributed by atoms with van der Waals surface area (Å²) in [6.45, 7) is 2.40. The van der Waals surface area contributed by atoms with Crippen LogP contribution in [0, 0.1) is 6.92 Å². The van der Waals surface area contributed by atoms with E-state index in [0.717, 1.165) is 17.2 Å². The first kappa shape index (κ1) is 21.6. The van der Waals surface area contributed by atoms with E-state index in [1.807, 2.05) is 22.8 Å². The number of imidazole rings is 1. The Morgan fingerprint density at radius 2 is 2.00 bits per heavy atom. The van der Waals surface area contributed by atoms with Crippen molar-refractivity contribution < 1.29 is 14.3 Å². The molecule has 180 valence electrons. The first-order valence-corrected chi connectivity index (χ1v) is 11.3. The van der Waals surface area contributed by atoms with Gasteiger partial charge in [0, 0.05) is 25.4 Å². The number of nitrogens with zero attached hydrogens (tertiary/aromatic N) is 8. The third-order valence-electron chi connectivity index (χ3n) is 6.23. The molecule has 0 saturated carbocycles. The second-order valence-corrected chi connectivity index (χ2v) is 8.34. The van der Waals surface area contributed by atoms with Gasteiger partial charge in [-0.05, 0) is 19.1 Å². The van der Waals surface area contributed by atoms with Gasteiger partial charge >= 0.3 is 0 Å². The normalized spacial score (nSPS) is 13.1. The summed E-state index contributed by atoms with van der Waals surface area (Å²) in [5, 5.41) is 4.77. The van der Waals surface area contributed by atoms with E-state index in [2.05, 4.69) is 30.0 Å². The highest BCUT2D eigenvalue weighted by atomic mass is 16.5. The molecule has 0 unspecified atom stereocenters. The summed E-state index contributed by atoms with van der Waals surface area (Å²) < 4.78 is 8.89. The van der Waals surface area contributed by atoms with E-state index in [1.165, 1.54) is 35.4 Å². The number of nitrogens with one attached hydrogen (secondary N) is 1. The van der Waals surface area contributed by atoms with Crippen LogP contribution in [0.2, 0.25) is 0 Å². The van der Waals surface area contributed by atoms with Crippen molar-refractivity contribution in [1.29, 1.82) is 0 Å². The SMILES string of the molecule is COc1cnc(-n2cnc(C)n2)c2[nH]cc(C(=O)C(=O)N3CCc4c(ncn4-c4ccccn4)C3)c12. The van der Waals surface area contributed by atoms with Crippen LogP contribution in [0.15, 0.2) is 49.4 Å². The van der Waals surface area contributed by atoms with Crippen LogP contribution in [0.5, 0.6) is 5.75 Å². The Morgan fingerprint density at radius 3 is 2.75 bits per heavy atom. The lowest BCUT2D eigenvalue weighted by atomic mass is 10.1. The van der Waals surface area contributed by atoms with Crippen LogP contribution in [-0.2, 0) is 17.8 Å². The molecule has 0 aromatic carbocycles. The van der Waals surface area contributed by atoms with Gasteiger partial charge in [-0.3, -0.25) is 14.2 Å². The topological polar surface area (TPSA) is 137 Å². The summed E-state index contributed by atoms with van der Waals surface area (Å²) in [7, 11) is 1.49. The highest BCUT2D eigenvalue weighted by Gasteiger charge is 2.31. The molecule has 1 N–H and O–H groups in total. The van der Waals surface area contributed by atoms with Crippen molar-refractivity contribution in [2.75, 3.05) is 13.7 Å². The van der Waals surface area contributed by atoms with Crippen molar-refractivity contribution in [2.24, 2.45) is 0 Å². The van der Waals surface area contributed by atoms with Crippen molar-refractivity contribution in [3.8, 4) is 17.4 Å². The number of aryl methyl sites for hydroxylation is 1. The summed E-state index contributed by atoms with van der Waals surface area (Å²) in [5.74, 6) is 0.914. The van der Waals surface area contributed by atoms with Gasteiger partial charge in [0.05, 0.1) is 47.7 Å². The number of pyridine rings is 2. The predicted octanol–water partition coefficient (Wildman–Crippen LogP) is 1.81. The zero-order valence-corrected chi connectivity index (χ0v) is 19.5. The largest absolute Gasteiger partial charge is 0.494 e. The molecule has 12 nitrogen and oxygen atoms in total. The lowest BCUT2D eigenvalue weighted by Crippen LogP contribution is -2.40. The second kappa shape index (κ2) is 8.41. The lowest BCUT2D eigenvalue weighted by molar-refractivity contribution is -0.127. The third-order valence-corrected chi connectivity index (χ3v) is 6.23. The zero-order valence-electron chi connectivity index (χ0n) is 19.5. The number of methoxy groups -OCH3 is 1. The number of ketones is 1. The van der Waals surface area contributed by atoms with Crippen LogP contribution in [-0.4, -0.2) is 69.5 Å². The average molecular weight is 483 g/mol. The van der Waals surface area contributed by atoms with Crippen molar-refractivity contribution in [2.45, 2.75) is 19.9 Å². The van der Waals surface area contributed by atoms with Gasteiger partial charge in [-0.15, -0.1) is 0 Å². The summed E-state index contributed by atoms with van der Waals surface area (Å²) in [6.07, 6.45) is 8.52. The number of aromatic nitrogens is 8. The summed E-state index contributed by atoms with van der Waals surface area (Å²) in [4.78, 5) is 48.7. The van der Waals surface area contributed by atoms with Crippen LogP contribution < -0.4 is 4.74 Å². The van der Waals surface area contributed by atoms with Crippen LogP contribution in [0.25, 0.3) is 22.5 Å². The lowest BCUT2D eigenvalue weighted by Gasteiger charge is -2.26. The van der Waals surface area contributed by atoms with E-state index in [1.54, 1.807) is 19.4 Å². The fraction of sp³-hybridized carbons (Fsp3) is 0.208. The molecule has 6 heterocycles. The van der Waals surface area contributed by atoms with E-state index >= 15 is 0 Å². The first-order chi connectivity index (χ1) is 17.5. The Labute approximate surface area is 204 Å². The fourth-order valence-corrected chi connectivity index (χ4v) is 4.49. The van der Waals surface area contributed by atoms with Crippen LogP contribution in [0.1, 0.15) is 27.6 Å². The Balaban J connectivity index is 1.31. The minimum atomic E-state index is -0.640. The molecule has 5 aromatic rings. The van der Waals surface area contributed by atoms with Gasteiger partial charge in [0.2, 0.25) is 0 Å². The molecule has 5 aromatic heterocycles. The molecule has 1 amide bonds. The van der Waals surface area contributed by atoms with Crippen molar-refractivity contribution >= 4 is 22.6 Å². The van der Waals surface area contributed by atoms with E-state index in [-0.39, 0.29) is 12.1 Å². The minimum Gasteiger partial charge on any atom is -0.494 e. The Morgan fingerprint density at radius 1 is 1.11 bits per heavy atom. The number of hydrogen-bond donors (Lipinski definition) is 1. The van der Waals surface area contributed by atoms with Crippen LogP contribution >= 0.6 is 0 Å². The molecule has 0 spiro atoms. The van der Waals surface area contributed by atoms with Crippen molar-refractivity contribution in [3.05, 3.63) is 72.2 Å². The molecule has 1 aliphatic heterocycles. The number of ether oxygens (including phenoxy) is 1. The summed E-state index contributed by atoms with van der Waals surface area (Å²) in [6, 6.07) is 5.66. The summed E-state index contributed by atoms with van der Waals surface area (Å²) in [5.41, 5.74) is 2.46. The molecular weight excluding hydrogens is 462 g/mol. The number of fused-ring (bicyclic) bond motifs is 2. The van der Waals surface area contributed by atoms with Crippen molar-refractivity contribution in [1.82, 2.24) is 44.2 Å². The number of carbonyl (C=O) groups is 2. The van der Waals surface area contributed by atoms with E-state index in [9.17, 15) is 9.59 Å². The van der Waals surface area contributed by atoms with Gasteiger partial charge in [0.25, 0.3) is 11.7 Å². The smallest absolute Gasteiger partial charge is 0.295 e. The number of Topliss-reactive ketones (excluding diaryl/α,β-unsaturated/α-hetero) is 1. The van der Waals surface area contributed by atoms with E-state index in [0.29, 0.717) is 41.3 Å². The Bertz CT molecular complexity index is 1620. The third kappa shape index (κ3) is 3.42. The number of hydrogen-bond acceptors (Lipinski definition) is 8. The molecule has 12 heteroatoms.